The Balaban J connectivity index is 1.60. The van der Waals surface area contributed by atoms with E-state index in [4.69, 9.17) is 0 Å². The Hall–Kier alpha value is -1.37. The molecule has 1 amide bonds. The molecule has 1 spiro atoms. The summed E-state index contributed by atoms with van der Waals surface area (Å²) in [4.78, 5) is 12.7. The molecule has 126 valence electrons. The fraction of sp³-hybridized carbons (Fsp3) is 0.750. The van der Waals surface area contributed by atoms with Crippen LogP contribution < -0.4 is 0 Å². The fourth-order valence-electron chi connectivity index (χ4n) is 5.37. The number of hydrogen-bond donors (Lipinski definition) is 0. The molecule has 1 aromatic heterocycles. The van der Waals surface area contributed by atoms with Crippen LogP contribution in [0.5, 0.6) is 0 Å². The van der Waals surface area contributed by atoms with Crippen LogP contribution in [0.2, 0.25) is 0 Å². The molecule has 4 rings (SSSR count). The minimum Gasteiger partial charge on any atom is -0.274 e. The third kappa shape index (κ3) is 1.89. The molecule has 2 bridgehead atoms. The summed E-state index contributed by atoms with van der Waals surface area (Å²) in [5, 5.41) is 4.07. The zero-order valence-electron chi connectivity index (χ0n) is 13.6. The lowest BCUT2D eigenvalue weighted by Crippen LogP contribution is -2.44. The Bertz CT molecular complexity index is 741. The normalized spacial score (nSPS) is 36.3. The highest BCUT2D eigenvalue weighted by molar-refractivity contribution is 7.90. The average Bonchev–Trinajstić information content (AvgIpc) is 3.15. The first-order chi connectivity index (χ1) is 10.8. The van der Waals surface area contributed by atoms with Gasteiger partial charge in [0, 0.05) is 30.8 Å². The number of carbonyl (C=O) groups is 1. The van der Waals surface area contributed by atoms with Gasteiger partial charge in [-0.2, -0.15) is 5.10 Å². The van der Waals surface area contributed by atoms with Gasteiger partial charge in [-0.1, -0.05) is 13.8 Å². The first-order valence-corrected chi connectivity index (χ1v) is 9.91. The van der Waals surface area contributed by atoms with E-state index in [2.05, 4.69) is 18.9 Å². The van der Waals surface area contributed by atoms with Gasteiger partial charge >= 0.3 is 0 Å². The maximum atomic E-state index is 12.7. The van der Waals surface area contributed by atoms with Gasteiger partial charge in [-0.15, -0.1) is 0 Å². The molecule has 23 heavy (non-hydrogen) atoms. The molecule has 1 aromatic rings. The molecule has 3 aliphatic rings. The van der Waals surface area contributed by atoms with Gasteiger partial charge in [0.25, 0.3) is 0 Å². The van der Waals surface area contributed by atoms with E-state index < -0.39 is 10.0 Å². The number of carbonyl (C=O) groups excluding carboxylic acids is 1. The highest BCUT2D eigenvalue weighted by Gasteiger charge is 2.72. The Kier molecular flexibility index (Phi) is 3.03. The Morgan fingerprint density at radius 1 is 1.39 bits per heavy atom. The second-order valence-corrected chi connectivity index (χ2v) is 9.68. The average molecular weight is 337 g/mol. The molecular formula is C16H23N3O3S. The van der Waals surface area contributed by atoms with Crippen LogP contribution in [0.3, 0.4) is 0 Å². The number of nitrogens with zero attached hydrogens (tertiary/aromatic N) is 3. The predicted octanol–water partition coefficient (Wildman–Crippen LogP) is 1.64. The van der Waals surface area contributed by atoms with Crippen LogP contribution in [-0.4, -0.2) is 40.2 Å². The number of aromatic nitrogens is 2. The van der Waals surface area contributed by atoms with Crippen LogP contribution >= 0.6 is 0 Å². The minimum atomic E-state index is -3.50. The Morgan fingerprint density at radius 3 is 2.83 bits per heavy atom. The van der Waals surface area contributed by atoms with Crippen molar-refractivity contribution in [3.05, 3.63) is 18.5 Å². The number of sulfonamides is 1. The summed E-state index contributed by atoms with van der Waals surface area (Å²) in [5.74, 6) is 0.400. The van der Waals surface area contributed by atoms with Crippen LogP contribution in [0, 0.1) is 16.7 Å². The van der Waals surface area contributed by atoms with Gasteiger partial charge in [-0.25, -0.2) is 12.7 Å². The molecule has 7 heteroatoms. The van der Waals surface area contributed by atoms with Gasteiger partial charge < -0.3 is 0 Å². The summed E-state index contributed by atoms with van der Waals surface area (Å²) in [6.07, 6.45) is 6.47. The lowest BCUT2D eigenvalue weighted by Gasteiger charge is -2.37. The second kappa shape index (κ2) is 4.59. The van der Waals surface area contributed by atoms with Gasteiger partial charge in [0.05, 0.1) is 11.8 Å². The molecule has 0 radical (unpaired) electrons. The minimum absolute atomic E-state index is 0.00174. The van der Waals surface area contributed by atoms with Crippen LogP contribution in [-0.2, 0) is 21.4 Å². The second-order valence-electron chi connectivity index (χ2n) is 7.83. The van der Waals surface area contributed by atoms with Crippen molar-refractivity contribution in [3.8, 4) is 0 Å². The molecule has 6 nitrogen and oxygen atoms in total. The monoisotopic (exact) mass is 337 g/mol. The summed E-state index contributed by atoms with van der Waals surface area (Å²) in [6.45, 7) is 4.81. The maximum Gasteiger partial charge on any atom is 0.238 e. The summed E-state index contributed by atoms with van der Waals surface area (Å²) in [5.41, 5.74) is -0.236. The Labute approximate surface area is 136 Å². The van der Waals surface area contributed by atoms with Crippen LogP contribution in [0.4, 0.5) is 0 Å². The van der Waals surface area contributed by atoms with Gasteiger partial charge in [-0.05, 0) is 36.7 Å². The van der Waals surface area contributed by atoms with Crippen molar-refractivity contribution in [1.29, 1.82) is 0 Å². The van der Waals surface area contributed by atoms with Crippen LogP contribution in [0.15, 0.2) is 18.5 Å². The number of rotatable bonds is 3. The molecule has 3 atom stereocenters. The smallest absolute Gasteiger partial charge is 0.238 e. The molecule has 3 fully saturated rings. The van der Waals surface area contributed by atoms with Crippen molar-refractivity contribution < 1.29 is 13.2 Å². The highest BCUT2D eigenvalue weighted by Crippen LogP contribution is 2.69. The molecule has 0 N–H and O–H groups in total. The Morgan fingerprint density at radius 2 is 2.17 bits per heavy atom. The van der Waals surface area contributed by atoms with Gasteiger partial charge in [0.2, 0.25) is 15.9 Å². The van der Waals surface area contributed by atoms with Crippen LogP contribution in [0.25, 0.3) is 0 Å². The van der Waals surface area contributed by atoms with Crippen LogP contribution in [0.1, 0.15) is 39.5 Å². The predicted molar refractivity (Wildman–Crippen MR) is 84.8 cm³/mol. The lowest BCUT2D eigenvalue weighted by molar-refractivity contribution is -0.129. The molecule has 2 aliphatic carbocycles. The van der Waals surface area contributed by atoms with Crippen molar-refractivity contribution in [2.75, 3.05) is 5.75 Å². The van der Waals surface area contributed by atoms with E-state index in [0.29, 0.717) is 12.5 Å². The zero-order valence-corrected chi connectivity index (χ0v) is 14.4. The first-order valence-electron chi connectivity index (χ1n) is 8.30. The summed E-state index contributed by atoms with van der Waals surface area (Å²) >= 11 is 0. The summed E-state index contributed by atoms with van der Waals surface area (Å²) in [7, 11) is -3.50. The molecule has 0 aromatic carbocycles. The fourth-order valence-corrected chi connectivity index (χ4v) is 7.95. The van der Waals surface area contributed by atoms with E-state index in [0.717, 1.165) is 19.3 Å². The van der Waals surface area contributed by atoms with E-state index in [1.54, 1.807) is 23.1 Å². The molecule has 1 aliphatic heterocycles. The zero-order chi connectivity index (χ0) is 16.5. The first kappa shape index (κ1) is 15.2. The molecule has 2 saturated carbocycles. The lowest BCUT2D eigenvalue weighted by atomic mass is 9.69. The number of aryl methyl sites for hydroxylation is 1. The van der Waals surface area contributed by atoms with Crippen molar-refractivity contribution in [3.63, 3.8) is 0 Å². The quantitative estimate of drug-likeness (QED) is 0.840. The van der Waals surface area contributed by atoms with E-state index in [9.17, 15) is 13.2 Å². The van der Waals surface area contributed by atoms with E-state index >= 15 is 0 Å². The largest absolute Gasteiger partial charge is 0.274 e. The standard InChI is InChI=1S/C16H23N3O3S/c1-15(2)12-4-6-16(15)11-23(21,22)19(13(16)10-12)14(20)5-9-18-8-3-7-17-18/h3,7-8,12-13H,4-6,9-11H2,1-2H3/t12-,13-,16-/m1/s1. The van der Waals surface area contributed by atoms with Crippen molar-refractivity contribution in [2.45, 2.75) is 52.1 Å². The SMILES string of the molecule is CC1(C)[C@@H]2CC[C@]13CS(=O)(=O)N(C(=O)CCn1cccn1)[C@@H]3C2. The highest BCUT2D eigenvalue weighted by atomic mass is 32.2. The van der Waals surface area contributed by atoms with Crippen molar-refractivity contribution in [1.82, 2.24) is 14.1 Å². The van der Waals surface area contributed by atoms with E-state index in [-0.39, 0.29) is 35.0 Å². The van der Waals surface area contributed by atoms with E-state index in [1.165, 1.54) is 4.31 Å². The maximum absolute atomic E-state index is 12.7. The third-order valence-corrected chi connectivity index (χ3v) is 8.71. The van der Waals surface area contributed by atoms with E-state index in [1.807, 2.05) is 0 Å². The van der Waals surface area contributed by atoms with Gasteiger partial charge in [0.15, 0.2) is 0 Å². The third-order valence-electron chi connectivity index (χ3n) is 6.77. The van der Waals surface area contributed by atoms with Crippen molar-refractivity contribution >= 4 is 15.9 Å². The summed E-state index contributed by atoms with van der Waals surface area (Å²) in [6, 6.07) is 1.66. The molecule has 0 unspecified atom stereocenters. The number of hydrogen-bond acceptors (Lipinski definition) is 4. The number of amides is 1. The molecular weight excluding hydrogens is 314 g/mol. The summed E-state index contributed by atoms with van der Waals surface area (Å²) < 4.78 is 28.4. The van der Waals surface area contributed by atoms with Gasteiger partial charge in [-0.3, -0.25) is 9.48 Å². The van der Waals surface area contributed by atoms with Gasteiger partial charge in [0.1, 0.15) is 0 Å². The molecule has 1 saturated heterocycles. The topological polar surface area (TPSA) is 72.3 Å². The van der Waals surface area contributed by atoms with Crippen molar-refractivity contribution in [2.24, 2.45) is 16.7 Å². The number of fused-ring (bicyclic) bond motifs is 1. The molecule has 2 heterocycles.